The highest BCUT2D eigenvalue weighted by Gasteiger charge is 2.29. The number of ether oxygens (including phenoxy) is 1. The van der Waals surface area contributed by atoms with Crippen molar-refractivity contribution >= 4 is 5.91 Å². The summed E-state index contributed by atoms with van der Waals surface area (Å²) in [7, 11) is 0. The molecule has 2 aliphatic rings. The number of carbonyl (C=O) groups excluding carboxylic acids is 1. The molecule has 0 bridgehead atoms. The van der Waals surface area contributed by atoms with Crippen molar-refractivity contribution in [1.29, 1.82) is 0 Å². The highest BCUT2D eigenvalue weighted by atomic mass is 16.5. The van der Waals surface area contributed by atoms with Gasteiger partial charge in [0.05, 0.1) is 25.2 Å². The van der Waals surface area contributed by atoms with Crippen molar-refractivity contribution in [2.75, 3.05) is 26.3 Å². The van der Waals surface area contributed by atoms with Crippen molar-refractivity contribution in [2.45, 2.75) is 31.4 Å². The molecule has 5 heteroatoms. The number of amides is 1. The van der Waals surface area contributed by atoms with E-state index in [4.69, 9.17) is 15.6 Å². The summed E-state index contributed by atoms with van der Waals surface area (Å²) in [6.45, 7) is 1.94. The molecule has 1 aliphatic carbocycles. The summed E-state index contributed by atoms with van der Waals surface area (Å²) in [6.07, 6.45) is 6.48. The van der Waals surface area contributed by atoms with E-state index in [-0.39, 0.29) is 30.6 Å². The molecule has 2 atom stereocenters. The largest absolute Gasteiger partial charge is 0.394 e. The molecule has 0 aromatic carbocycles. The van der Waals surface area contributed by atoms with Crippen LogP contribution in [0.15, 0.2) is 12.2 Å². The van der Waals surface area contributed by atoms with Gasteiger partial charge in [-0.2, -0.15) is 0 Å². The van der Waals surface area contributed by atoms with Gasteiger partial charge in [-0.1, -0.05) is 12.2 Å². The van der Waals surface area contributed by atoms with Gasteiger partial charge >= 0.3 is 0 Å². The molecule has 3 N–H and O–H groups in total. The van der Waals surface area contributed by atoms with Gasteiger partial charge < -0.3 is 20.5 Å². The second kappa shape index (κ2) is 6.31. The Labute approximate surface area is 108 Å². The number of carbonyl (C=O) groups is 1. The third kappa shape index (κ3) is 3.31. The van der Waals surface area contributed by atoms with Crippen LogP contribution in [-0.2, 0) is 9.53 Å². The maximum Gasteiger partial charge on any atom is 0.229 e. The molecular weight excluding hydrogens is 232 g/mol. The normalized spacial score (nSPS) is 28.9. The van der Waals surface area contributed by atoms with Crippen LogP contribution in [0.1, 0.15) is 19.3 Å². The van der Waals surface area contributed by atoms with Crippen molar-refractivity contribution in [3.8, 4) is 0 Å². The number of nitrogens with zero attached hydrogens (tertiary/aromatic N) is 1. The fourth-order valence-corrected chi connectivity index (χ4v) is 2.61. The zero-order valence-electron chi connectivity index (χ0n) is 10.6. The summed E-state index contributed by atoms with van der Waals surface area (Å²) in [5.41, 5.74) is 5.77. The van der Waals surface area contributed by atoms with E-state index in [0.717, 1.165) is 32.4 Å². The number of hydrogen-bond donors (Lipinski definition) is 2. The summed E-state index contributed by atoms with van der Waals surface area (Å²) in [5.74, 6) is 0.162. The van der Waals surface area contributed by atoms with Crippen molar-refractivity contribution in [1.82, 2.24) is 4.90 Å². The third-order valence-electron chi connectivity index (χ3n) is 3.63. The first-order chi connectivity index (χ1) is 8.70. The Bertz CT molecular complexity index is 311. The van der Waals surface area contributed by atoms with Gasteiger partial charge in [-0.25, -0.2) is 0 Å². The lowest BCUT2D eigenvalue weighted by Crippen LogP contribution is -2.43. The number of likely N-dealkylation sites (tertiary alicyclic amines) is 1. The van der Waals surface area contributed by atoms with Crippen LogP contribution in [0.25, 0.3) is 0 Å². The van der Waals surface area contributed by atoms with Crippen molar-refractivity contribution in [2.24, 2.45) is 11.7 Å². The average molecular weight is 254 g/mol. The molecular formula is C13H22N2O3. The zero-order chi connectivity index (χ0) is 13.0. The van der Waals surface area contributed by atoms with Crippen LogP contribution < -0.4 is 5.73 Å². The lowest BCUT2D eigenvalue weighted by molar-refractivity contribution is -0.136. The number of rotatable bonds is 4. The molecule has 5 nitrogen and oxygen atoms in total. The summed E-state index contributed by atoms with van der Waals surface area (Å²) < 4.78 is 5.48. The maximum absolute atomic E-state index is 12.2. The van der Waals surface area contributed by atoms with E-state index < -0.39 is 0 Å². The van der Waals surface area contributed by atoms with Gasteiger partial charge in [0.15, 0.2) is 0 Å². The molecule has 0 aromatic heterocycles. The molecule has 1 heterocycles. The van der Waals surface area contributed by atoms with E-state index >= 15 is 0 Å². The highest BCUT2D eigenvalue weighted by Crippen LogP contribution is 2.22. The molecule has 0 spiro atoms. The molecule has 0 saturated carbocycles. The van der Waals surface area contributed by atoms with E-state index in [0.29, 0.717) is 6.61 Å². The Morgan fingerprint density at radius 1 is 1.39 bits per heavy atom. The molecule has 1 aliphatic heterocycles. The monoisotopic (exact) mass is 254 g/mol. The number of aliphatic hydroxyl groups is 1. The quantitative estimate of drug-likeness (QED) is 0.686. The number of hydrogen-bond acceptors (Lipinski definition) is 4. The smallest absolute Gasteiger partial charge is 0.229 e. The Morgan fingerprint density at radius 2 is 2.11 bits per heavy atom. The summed E-state index contributed by atoms with van der Waals surface area (Å²) in [6, 6.07) is 0.0318. The fraction of sp³-hybridized carbons (Fsp3) is 0.769. The van der Waals surface area contributed by atoms with Crippen LogP contribution in [0, 0.1) is 5.92 Å². The number of piperidine rings is 1. The minimum atomic E-state index is -0.0325. The molecule has 2 unspecified atom stereocenters. The van der Waals surface area contributed by atoms with Crippen LogP contribution in [0.3, 0.4) is 0 Å². The summed E-state index contributed by atoms with van der Waals surface area (Å²) >= 11 is 0. The molecule has 2 rings (SSSR count). The summed E-state index contributed by atoms with van der Waals surface area (Å²) in [5, 5.41) is 8.70. The van der Waals surface area contributed by atoms with Gasteiger partial charge in [-0.05, 0) is 19.3 Å². The number of aliphatic hydroxyl groups excluding tert-OH is 1. The average Bonchev–Trinajstić information content (AvgIpc) is 2.83. The first-order valence-corrected chi connectivity index (χ1v) is 6.66. The predicted molar refractivity (Wildman–Crippen MR) is 67.9 cm³/mol. The predicted octanol–water partition coefficient (Wildman–Crippen LogP) is -0.110. The van der Waals surface area contributed by atoms with E-state index in [1.165, 1.54) is 0 Å². The van der Waals surface area contributed by atoms with Gasteiger partial charge in [0.2, 0.25) is 5.91 Å². The van der Waals surface area contributed by atoms with Crippen molar-refractivity contribution in [3.63, 3.8) is 0 Å². The standard InChI is InChI=1S/C13H22N2O3/c14-11-2-1-10(9-11)13(17)15-5-3-12(4-6-15)18-8-7-16/h1-2,10-12,16H,3-9,14H2. The molecule has 1 amide bonds. The van der Waals surface area contributed by atoms with Crippen LogP contribution in [0.2, 0.25) is 0 Å². The van der Waals surface area contributed by atoms with Crippen LogP contribution in [-0.4, -0.2) is 54.4 Å². The topological polar surface area (TPSA) is 75.8 Å². The Kier molecular flexibility index (Phi) is 4.74. The van der Waals surface area contributed by atoms with Crippen molar-refractivity contribution in [3.05, 3.63) is 12.2 Å². The van der Waals surface area contributed by atoms with Crippen LogP contribution in [0.4, 0.5) is 0 Å². The van der Waals surface area contributed by atoms with Crippen LogP contribution >= 0.6 is 0 Å². The number of nitrogens with two attached hydrogens (primary N) is 1. The van der Waals surface area contributed by atoms with E-state index in [9.17, 15) is 4.79 Å². The molecule has 0 radical (unpaired) electrons. The van der Waals surface area contributed by atoms with Gasteiger partial charge in [-0.15, -0.1) is 0 Å². The summed E-state index contributed by atoms with van der Waals surface area (Å²) in [4.78, 5) is 14.1. The van der Waals surface area contributed by atoms with Crippen LogP contribution in [0.5, 0.6) is 0 Å². The second-order valence-electron chi connectivity index (χ2n) is 5.01. The minimum absolute atomic E-state index is 0.0318. The second-order valence-corrected chi connectivity index (χ2v) is 5.01. The fourth-order valence-electron chi connectivity index (χ4n) is 2.61. The highest BCUT2D eigenvalue weighted by molar-refractivity contribution is 5.81. The zero-order valence-corrected chi connectivity index (χ0v) is 10.6. The van der Waals surface area contributed by atoms with E-state index in [1.807, 2.05) is 17.1 Å². The Balaban J connectivity index is 1.75. The van der Waals surface area contributed by atoms with Gasteiger partial charge in [0.1, 0.15) is 0 Å². The lowest BCUT2D eigenvalue weighted by Gasteiger charge is -2.33. The SMILES string of the molecule is NC1C=CC(C(=O)N2CCC(OCCO)CC2)C1. The van der Waals surface area contributed by atoms with E-state index in [1.54, 1.807) is 0 Å². The molecule has 0 aromatic rings. The molecule has 1 saturated heterocycles. The molecule has 1 fully saturated rings. The van der Waals surface area contributed by atoms with E-state index in [2.05, 4.69) is 0 Å². The molecule has 102 valence electrons. The van der Waals surface area contributed by atoms with Gasteiger partial charge in [0, 0.05) is 19.1 Å². The Hall–Kier alpha value is -0.910. The van der Waals surface area contributed by atoms with Gasteiger partial charge in [-0.3, -0.25) is 4.79 Å². The lowest BCUT2D eigenvalue weighted by atomic mass is 10.0. The maximum atomic E-state index is 12.2. The van der Waals surface area contributed by atoms with Crippen molar-refractivity contribution < 1.29 is 14.6 Å². The third-order valence-corrected chi connectivity index (χ3v) is 3.63. The first kappa shape index (κ1) is 13.5. The molecule has 18 heavy (non-hydrogen) atoms. The first-order valence-electron chi connectivity index (χ1n) is 6.66. The minimum Gasteiger partial charge on any atom is -0.394 e. The Morgan fingerprint density at radius 3 is 2.67 bits per heavy atom. The van der Waals surface area contributed by atoms with Gasteiger partial charge in [0.25, 0.3) is 0 Å².